The van der Waals surface area contributed by atoms with Gasteiger partial charge in [-0.1, -0.05) is 54.6 Å². The fourth-order valence-electron chi connectivity index (χ4n) is 5.40. The number of hydrogen-bond donors (Lipinski definition) is 1. The average Bonchev–Trinajstić information content (AvgIpc) is 3.26. The molecule has 0 bridgehead atoms. The highest BCUT2D eigenvalue weighted by molar-refractivity contribution is 5.83. The summed E-state index contributed by atoms with van der Waals surface area (Å²) in [6.45, 7) is 2.01. The molecule has 0 saturated carbocycles. The molecule has 0 aliphatic carbocycles. The van der Waals surface area contributed by atoms with E-state index in [4.69, 9.17) is 14.9 Å². The number of rotatable bonds is 5. The van der Waals surface area contributed by atoms with Crippen molar-refractivity contribution >= 4 is 22.6 Å². The first-order valence-electron chi connectivity index (χ1n) is 12.4. The second kappa shape index (κ2) is 9.32. The van der Waals surface area contributed by atoms with E-state index in [0.717, 1.165) is 22.4 Å². The Labute approximate surface area is 219 Å². The molecule has 0 fully saturated rings. The van der Waals surface area contributed by atoms with E-state index in [1.54, 1.807) is 13.2 Å². The Morgan fingerprint density at radius 1 is 1.00 bits per heavy atom. The van der Waals surface area contributed by atoms with Gasteiger partial charge >= 0.3 is 0 Å². The summed E-state index contributed by atoms with van der Waals surface area (Å²) in [5, 5.41) is 4.63. The Bertz CT molecular complexity index is 1700. The third kappa shape index (κ3) is 3.69. The summed E-state index contributed by atoms with van der Waals surface area (Å²) in [7, 11) is 3.62. The van der Waals surface area contributed by atoms with Gasteiger partial charge in [0.2, 0.25) is 5.43 Å². The minimum atomic E-state index is -0.406. The summed E-state index contributed by atoms with van der Waals surface area (Å²) < 4.78 is 12.0. The predicted molar refractivity (Wildman–Crippen MR) is 148 cm³/mol. The van der Waals surface area contributed by atoms with E-state index in [1.165, 1.54) is 6.33 Å². The molecular weight excluding hydrogens is 478 g/mol. The van der Waals surface area contributed by atoms with Crippen molar-refractivity contribution in [3.05, 3.63) is 112 Å². The molecule has 2 atom stereocenters. The van der Waals surface area contributed by atoms with E-state index >= 15 is 0 Å². The monoisotopic (exact) mass is 505 g/mol. The Morgan fingerprint density at radius 3 is 2.55 bits per heavy atom. The Morgan fingerprint density at radius 2 is 1.76 bits per heavy atom. The van der Waals surface area contributed by atoms with Gasteiger partial charge in [-0.3, -0.25) is 9.80 Å². The van der Waals surface area contributed by atoms with Crippen LogP contribution >= 0.6 is 0 Å². The van der Waals surface area contributed by atoms with Gasteiger partial charge in [0, 0.05) is 7.05 Å². The first kappa shape index (κ1) is 23.7. The zero-order chi connectivity index (χ0) is 26.4. The Balaban J connectivity index is 1.56. The number of methoxy groups -OCH3 is 1. The number of ether oxygens (including phenoxy) is 1. The summed E-state index contributed by atoms with van der Waals surface area (Å²) in [5.41, 5.74) is 9.99. The smallest absolute Gasteiger partial charge is 0.200 e. The van der Waals surface area contributed by atoms with Crippen LogP contribution in [0.4, 0.5) is 11.6 Å². The second-order valence-corrected chi connectivity index (χ2v) is 9.30. The van der Waals surface area contributed by atoms with Crippen molar-refractivity contribution in [2.75, 3.05) is 24.9 Å². The number of hydrazine groups is 1. The van der Waals surface area contributed by atoms with E-state index in [0.29, 0.717) is 33.9 Å². The van der Waals surface area contributed by atoms with Crippen LogP contribution in [0.5, 0.6) is 5.75 Å². The molecule has 0 saturated heterocycles. The lowest BCUT2D eigenvalue weighted by Crippen LogP contribution is -2.39. The quantitative estimate of drug-likeness (QED) is 0.341. The molecule has 190 valence electrons. The fraction of sp³-hybridized carbons (Fsp3) is 0.167. The minimum Gasteiger partial charge on any atom is -0.497 e. The molecule has 2 aromatic heterocycles. The molecule has 3 aromatic carbocycles. The Kier molecular flexibility index (Phi) is 5.81. The lowest BCUT2D eigenvalue weighted by molar-refractivity contribution is 0.245. The number of anilines is 2. The number of nitrogens with two attached hydrogens (primary N) is 1. The molecule has 1 aliphatic rings. The van der Waals surface area contributed by atoms with Crippen LogP contribution in [0.25, 0.3) is 22.1 Å². The number of fused-ring (bicyclic) bond motifs is 2. The van der Waals surface area contributed by atoms with Crippen LogP contribution in [0.3, 0.4) is 0 Å². The lowest BCUT2D eigenvalue weighted by Gasteiger charge is -2.35. The van der Waals surface area contributed by atoms with Crippen molar-refractivity contribution in [3.63, 3.8) is 0 Å². The largest absolute Gasteiger partial charge is 0.497 e. The maximum absolute atomic E-state index is 13.9. The van der Waals surface area contributed by atoms with Gasteiger partial charge in [0.05, 0.1) is 29.7 Å². The van der Waals surface area contributed by atoms with Gasteiger partial charge in [-0.2, -0.15) is 0 Å². The molecule has 6 rings (SSSR count). The Hall–Kier alpha value is -4.69. The predicted octanol–water partition coefficient (Wildman–Crippen LogP) is 5.36. The number of nitrogens with zero attached hydrogens (tertiary/aromatic N) is 4. The summed E-state index contributed by atoms with van der Waals surface area (Å²) in [4.78, 5) is 22.8. The molecule has 0 radical (unpaired) electrons. The van der Waals surface area contributed by atoms with Crippen LogP contribution in [0.1, 0.15) is 35.9 Å². The third-order valence-corrected chi connectivity index (χ3v) is 7.14. The molecule has 38 heavy (non-hydrogen) atoms. The van der Waals surface area contributed by atoms with Crippen LogP contribution in [0.15, 0.2) is 94.4 Å². The highest BCUT2D eigenvalue weighted by Crippen LogP contribution is 2.48. The highest BCUT2D eigenvalue weighted by Gasteiger charge is 2.42. The number of hydrogen-bond acceptors (Lipinski definition) is 8. The van der Waals surface area contributed by atoms with E-state index in [-0.39, 0.29) is 11.5 Å². The average molecular weight is 506 g/mol. The van der Waals surface area contributed by atoms with Crippen LogP contribution in [-0.2, 0) is 0 Å². The van der Waals surface area contributed by atoms with E-state index in [1.807, 2.05) is 91.8 Å². The molecule has 8 heteroatoms. The maximum atomic E-state index is 13.9. The SMILES string of the molecule is COc1cccc(C2c3c(N)ncnc3N(C(C)c3oc4ccccc4c(=O)c3-c3ccccc3)N2C)c1. The van der Waals surface area contributed by atoms with E-state index < -0.39 is 6.04 Å². The zero-order valence-corrected chi connectivity index (χ0v) is 21.3. The molecular formula is C30H27N5O3. The highest BCUT2D eigenvalue weighted by atomic mass is 16.5. The molecule has 2 N–H and O–H groups in total. The van der Waals surface area contributed by atoms with Crippen LogP contribution in [-0.4, -0.2) is 29.1 Å². The molecule has 3 heterocycles. The topological polar surface area (TPSA) is 97.7 Å². The molecule has 1 aliphatic heterocycles. The number of benzene rings is 3. The number of para-hydroxylation sites is 1. The van der Waals surface area contributed by atoms with Crippen molar-refractivity contribution in [1.29, 1.82) is 0 Å². The normalized spacial score (nSPS) is 16.0. The summed E-state index contributed by atoms with van der Waals surface area (Å²) in [6, 6.07) is 24.1. The van der Waals surface area contributed by atoms with Gasteiger partial charge < -0.3 is 14.9 Å². The minimum absolute atomic E-state index is 0.0754. The van der Waals surface area contributed by atoms with E-state index in [9.17, 15) is 4.79 Å². The molecule has 0 spiro atoms. The number of aromatic nitrogens is 2. The molecule has 5 aromatic rings. The van der Waals surface area contributed by atoms with Crippen molar-refractivity contribution < 1.29 is 9.15 Å². The van der Waals surface area contributed by atoms with E-state index in [2.05, 4.69) is 15.0 Å². The first-order valence-corrected chi connectivity index (χ1v) is 12.4. The van der Waals surface area contributed by atoms with Gasteiger partial charge in [-0.05, 0) is 42.3 Å². The fourth-order valence-corrected chi connectivity index (χ4v) is 5.40. The van der Waals surface area contributed by atoms with Gasteiger partial charge in [0.1, 0.15) is 35.3 Å². The number of nitrogen functional groups attached to an aromatic ring is 1. The summed E-state index contributed by atoms with van der Waals surface area (Å²) in [6.07, 6.45) is 1.46. The standard InChI is InChI=1S/C30H27N5O3/c1-18(28-24(19-10-5-4-6-11-19)27(36)22-14-7-8-15-23(22)38-28)35-30-25(29(31)32-17-33-30)26(34(35)2)20-12-9-13-21(16-20)37-3/h4-18,26H,1-3H3,(H2,31,32,33). The molecule has 8 nitrogen and oxygen atoms in total. The van der Waals surface area contributed by atoms with Gasteiger partial charge in [-0.25, -0.2) is 15.0 Å². The van der Waals surface area contributed by atoms with Gasteiger partial charge in [0.25, 0.3) is 0 Å². The van der Waals surface area contributed by atoms with Crippen molar-refractivity contribution in [3.8, 4) is 16.9 Å². The maximum Gasteiger partial charge on any atom is 0.200 e. The summed E-state index contributed by atoms with van der Waals surface area (Å²) >= 11 is 0. The van der Waals surface area contributed by atoms with Gasteiger partial charge in [0.15, 0.2) is 5.82 Å². The van der Waals surface area contributed by atoms with Crippen LogP contribution in [0.2, 0.25) is 0 Å². The summed E-state index contributed by atoms with van der Waals surface area (Å²) in [5.74, 6) is 2.34. The molecule has 2 unspecified atom stereocenters. The second-order valence-electron chi connectivity index (χ2n) is 9.30. The third-order valence-electron chi connectivity index (χ3n) is 7.14. The zero-order valence-electron chi connectivity index (χ0n) is 21.3. The van der Waals surface area contributed by atoms with Crippen molar-refractivity contribution in [1.82, 2.24) is 15.0 Å². The van der Waals surface area contributed by atoms with Crippen molar-refractivity contribution in [2.24, 2.45) is 0 Å². The first-order chi connectivity index (χ1) is 18.5. The van der Waals surface area contributed by atoms with Crippen LogP contribution < -0.4 is 20.9 Å². The molecule has 0 amide bonds. The van der Waals surface area contributed by atoms with Crippen molar-refractivity contribution in [2.45, 2.75) is 19.0 Å². The lowest BCUT2D eigenvalue weighted by atomic mass is 9.99. The van der Waals surface area contributed by atoms with Gasteiger partial charge in [-0.15, -0.1) is 0 Å². The van der Waals surface area contributed by atoms with Crippen LogP contribution in [0, 0.1) is 0 Å².